The topological polar surface area (TPSA) is 84.2 Å². The molecule has 2 N–H and O–H groups in total. The first kappa shape index (κ1) is 25.8. The number of guanidine groups is 1. The highest BCUT2D eigenvalue weighted by Gasteiger charge is 2.26. The van der Waals surface area contributed by atoms with Crippen LogP contribution in [0, 0.1) is 13.8 Å². The molecule has 1 saturated carbocycles. The molecule has 31 heavy (non-hydrogen) atoms. The van der Waals surface area contributed by atoms with E-state index in [9.17, 15) is 4.21 Å². The maximum atomic E-state index is 12.2. The molecule has 1 aliphatic carbocycles. The summed E-state index contributed by atoms with van der Waals surface area (Å²) in [7, 11) is -0.720. The summed E-state index contributed by atoms with van der Waals surface area (Å²) < 4.78 is 14.1. The lowest BCUT2D eigenvalue weighted by Crippen LogP contribution is -2.46. The molecular formula is C22H35IN6OS. The highest BCUT2D eigenvalue weighted by molar-refractivity contribution is 14.0. The standard InChI is InChI=1S/C22H34N6OS.HI/c1-5-23-22(26-19-8-7-9-20(13-19)30(29)6-2)25-15-18-10-11-21(24-14-18)28-17(4)12-16(3)27-28;/h10-12,14,19-20H,5-9,13,15H2,1-4H3,(H2,23,25,26);1H. The Labute approximate surface area is 205 Å². The van der Waals surface area contributed by atoms with Crippen molar-refractivity contribution in [3.05, 3.63) is 41.3 Å². The van der Waals surface area contributed by atoms with Crippen LogP contribution < -0.4 is 10.6 Å². The molecule has 3 rings (SSSR count). The van der Waals surface area contributed by atoms with Gasteiger partial charge in [-0.3, -0.25) is 4.21 Å². The molecule has 7 nitrogen and oxygen atoms in total. The van der Waals surface area contributed by atoms with Crippen LogP contribution in [-0.4, -0.2) is 48.5 Å². The quantitative estimate of drug-likeness (QED) is 0.308. The second-order valence-corrected chi connectivity index (χ2v) is 9.86. The number of hydrogen-bond donors (Lipinski definition) is 2. The van der Waals surface area contributed by atoms with Gasteiger partial charge in [0.15, 0.2) is 11.8 Å². The molecule has 1 fully saturated rings. The van der Waals surface area contributed by atoms with Crippen LogP contribution in [0.5, 0.6) is 0 Å². The number of aliphatic imine (C=N–C) groups is 1. The molecular weight excluding hydrogens is 523 g/mol. The second-order valence-electron chi connectivity index (χ2n) is 7.86. The van der Waals surface area contributed by atoms with Crippen LogP contribution in [0.25, 0.3) is 5.82 Å². The van der Waals surface area contributed by atoms with E-state index < -0.39 is 10.8 Å². The van der Waals surface area contributed by atoms with E-state index in [2.05, 4.69) is 27.6 Å². The number of aromatic nitrogens is 3. The first-order chi connectivity index (χ1) is 14.5. The van der Waals surface area contributed by atoms with Gasteiger partial charge in [0, 0.05) is 46.3 Å². The number of rotatable bonds is 7. The Kier molecular flexibility index (Phi) is 10.4. The molecule has 172 valence electrons. The number of nitrogens with one attached hydrogen (secondary N) is 2. The Bertz CT molecular complexity index is 883. The van der Waals surface area contributed by atoms with Crippen LogP contribution in [0.15, 0.2) is 29.4 Å². The predicted octanol–water partition coefficient (Wildman–Crippen LogP) is 3.64. The number of halogens is 1. The summed E-state index contributed by atoms with van der Waals surface area (Å²) in [6, 6.07) is 6.40. The molecule has 0 saturated heterocycles. The van der Waals surface area contributed by atoms with E-state index in [4.69, 9.17) is 4.99 Å². The summed E-state index contributed by atoms with van der Waals surface area (Å²) in [5.74, 6) is 2.37. The van der Waals surface area contributed by atoms with E-state index >= 15 is 0 Å². The number of nitrogens with zero attached hydrogens (tertiary/aromatic N) is 4. The highest BCUT2D eigenvalue weighted by atomic mass is 127. The fourth-order valence-electron chi connectivity index (χ4n) is 3.93. The van der Waals surface area contributed by atoms with Crippen molar-refractivity contribution >= 4 is 40.7 Å². The molecule has 2 aromatic rings. The summed E-state index contributed by atoms with van der Waals surface area (Å²) in [6.45, 7) is 9.44. The summed E-state index contributed by atoms with van der Waals surface area (Å²) >= 11 is 0. The van der Waals surface area contributed by atoms with Gasteiger partial charge in [-0.05, 0) is 57.7 Å². The smallest absolute Gasteiger partial charge is 0.191 e. The Morgan fingerprint density at radius 2 is 2.10 bits per heavy atom. The Morgan fingerprint density at radius 1 is 1.29 bits per heavy atom. The van der Waals surface area contributed by atoms with Crippen molar-refractivity contribution in [3.8, 4) is 5.82 Å². The second kappa shape index (κ2) is 12.5. The first-order valence-corrected chi connectivity index (χ1v) is 12.3. The van der Waals surface area contributed by atoms with Crippen molar-refractivity contribution < 1.29 is 4.21 Å². The van der Waals surface area contributed by atoms with Gasteiger partial charge in [0.1, 0.15) is 0 Å². The number of hydrogen-bond acceptors (Lipinski definition) is 4. The monoisotopic (exact) mass is 558 g/mol. The van der Waals surface area contributed by atoms with Crippen LogP contribution >= 0.6 is 24.0 Å². The number of pyridine rings is 1. The molecule has 0 aromatic carbocycles. The minimum absolute atomic E-state index is 0. The van der Waals surface area contributed by atoms with Gasteiger partial charge >= 0.3 is 0 Å². The maximum absolute atomic E-state index is 12.2. The molecule has 0 bridgehead atoms. The molecule has 9 heteroatoms. The SMILES string of the molecule is CCNC(=NCc1ccc(-n2nc(C)cc2C)nc1)NC1CCCC(S(=O)CC)C1.I. The third-order valence-corrected chi connectivity index (χ3v) is 7.16. The van der Waals surface area contributed by atoms with Gasteiger partial charge in [-0.15, -0.1) is 24.0 Å². The summed E-state index contributed by atoms with van der Waals surface area (Å²) in [4.78, 5) is 9.31. The molecule has 3 atom stereocenters. The van der Waals surface area contributed by atoms with Crippen LogP contribution in [0.1, 0.15) is 56.5 Å². The van der Waals surface area contributed by atoms with Gasteiger partial charge in [0.05, 0.1) is 12.2 Å². The Balaban J connectivity index is 0.00000341. The summed E-state index contributed by atoms with van der Waals surface area (Å²) in [6.07, 6.45) is 6.09. The minimum Gasteiger partial charge on any atom is -0.357 e. The zero-order valence-corrected chi connectivity index (χ0v) is 22.1. The third-order valence-electron chi connectivity index (χ3n) is 5.42. The lowest BCUT2D eigenvalue weighted by atomic mass is 9.95. The van der Waals surface area contributed by atoms with Crippen LogP contribution in [0.4, 0.5) is 0 Å². The van der Waals surface area contributed by atoms with E-state index in [1.807, 2.05) is 49.8 Å². The molecule has 3 unspecified atom stereocenters. The average Bonchev–Trinajstić information content (AvgIpc) is 3.10. The minimum atomic E-state index is -0.720. The van der Waals surface area contributed by atoms with Crippen LogP contribution in [-0.2, 0) is 17.3 Å². The van der Waals surface area contributed by atoms with Crippen molar-refractivity contribution in [2.24, 2.45) is 4.99 Å². The third kappa shape index (κ3) is 7.27. The lowest BCUT2D eigenvalue weighted by molar-refractivity contribution is 0.413. The largest absolute Gasteiger partial charge is 0.357 e. The van der Waals surface area contributed by atoms with E-state index in [0.717, 1.165) is 66.7 Å². The van der Waals surface area contributed by atoms with Gasteiger partial charge in [0.2, 0.25) is 0 Å². The van der Waals surface area contributed by atoms with Crippen molar-refractivity contribution in [2.75, 3.05) is 12.3 Å². The zero-order chi connectivity index (χ0) is 21.5. The summed E-state index contributed by atoms with van der Waals surface area (Å²) in [5, 5.41) is 11.7. The van der Waals surface area contributed by atoms with Gasteiger partial charge in [-0.2, -0.15) is 5.10 Å². The molecule has 2 aromatic heterocycles. The first-order valence-electron chi connectivity index (χ1n) is 10.9. The average molecular weight is 559 g/mol. The molecule has 1 aliphatic rings. The Morgan fingerprint density at radius 3 is 2.71 bits per heavy atom. The summed E-state index contributed by atoms with van der Waals surface area (Å²) in [5.41, 5.74) is 3.10. The van der Waals surface area contributed by atoms with Gasteiger partial charge < -0.3 is 10.6 Å². The van der Waals surface area contributed by atoms with E-state index in [1.54, 1.807) is 0 Å². The van der Waals surface area contributed by atoms with Crippen molar-refractivity contribution in [1.29, 1.82) is 0 Å². The van der Waals surface area contributed by atoms with Crippen molar-refractivity contribution in [1.82, 2.24) is 25.4 Å². The van der Waals surface area contributed by atoms with Gasteiger partial charge in [0.25, 0.3) is 0 Å². The van der Waals surface area contributed by atoms with Crippen molar-refractivity contribution in [2.45, 2.75) is 71.2 Å². The molecule has 0 radical (unpaired) electrons. The lowest BCUT2D eigenvalue weighted by Gasteiger charge is -2.30. The van der Waals surface area contributed by atoms with Gasteiger partial charge in [-0.25, -0.2) is 14.7 Å². The van der Waals surface area contributed by atoms with Crippen LogP contribution in [0.3, 0.4) is 0 Å². The zero-order valence-electron chi connectivity index (χ0n) is 18.9. The maximum Gasteiger partial charge on any atom is 0.191 e. The molecule has 2 heterocycles. The van der Waals surface area contributed by atoms with Crippen molar-refractivity contribution in [3.63, 3.8) is 0 Å². The fourth-order valence-corrected chi connectivity index (χ4v) is 5.28. The van der Waals surface area contributed by atoms with Gasteiger partial charge in [-0.1, -0.05) is 19.4 Å². The predicted molar refractivity (Wildman–Crippen MR) is 139 cm³/mol. The molecule has 0 aliphatic heterocycles. The van der Waals surface area contributed by atoms with E-state index in [-0.39, 0.29) is 24.0 Å². The normalized spacial score (nSPS) is 20.1. The Hall–Kier alpha value is -1.49. The van der Waals surface area contributed by atoms with E-state index in [0.29, 0.717) is 17.8 Å². The number of aryl methyl sites for hydroxylation is 2. The molecule has 0 spiro atoms. The highest BCUT2D eigenvalue weighted by Crippen LogP contribution is 2.23. The molecule has 0 amide bonds. The van der Waals surface area contributed by atoms with E-state index in [1.165, 1.54) is 0 Å². The fraction of sp³-hybridized carbons (Fsp3) is 0.591. The van der Waals surface area contributed by atoms with Crippen LogP contribution in [0.2, 0.25) is 0 Å².